The lowest BCUT2D eigenvalue weighted by molar-refractivity contribution is 0.596. The largest absolute Gasteiger partial charge is 0.339 e. The van der Waals surface area contributed by atoms with Crippen LogP contribution in [0.3, 0.4) is 0 Å². The summed E-state index contributed by atoms with van der Waals surface area (Å²) in [5, 5.41) is 11.4. The van der Waals surface area contributed by atoms with Crippen LogP contribution in [0.4, 0.5) is 4.39 Å². The normalized spacial score (nSPS) is 10.2. The number of aromatic amines is 1. The summed E-state index contributed by atoms with van der Waals surface area (Å²) >= 11 is 0.990. The summed E-state index contributed by atoms with van der Waals surface area (Å²) in [6.07, 6.45) is 0. The zero-order valence-electron chi connectivity index (χ0n) is 9.68. The highest BCUT2D eigenvalue weighted by molar-refractivity contribution is 7.99. The van der Waals surface area contributed by atoms with Gasteiger partial charge in [0.25, 0.3) is 0 Å². The molecule has 2 rings (SSSR count). The minimum atomic E-state index is -0.916. The van der Waals surface area contributed by atoms with E-state index < -0.39 is 16.9 Å². The second-order valence-electron chi connectivity index (χ2n) is 3.55. The Morgan fingerprint density at radius 1 is 1.47 bits per heavy atom. The smallest absolute Gasteiger partial charge is 0.265 e. The van der Waals surface area contributed by atoms with Crippen molar-refractivity contribution in [3.63, 3.8) is 0 Å². The van der Waals surface area contributed by atoms with Crippen molar-refractivity contribution < 1.29 is 4.39 Å². The fraction of sp³-hybridized carbons (Fsp3) is 0.0909. The van der Waals surface area contributed by atoms with E-state index in [-0.39, 0.29) is 10.7 Å². The van der Waals surface area contributed by atoms with Crippen LogP contribution >= 0.6 is 11.8 Å². The van der Waals surface area contributed by atoms with Crippen LogP contribution in [0.25, 0.3) is 0 Å². The maximum absolute atomic E-state index is 13.0. The van der Waals surface area contributed by atoms with E-state index in [1.807, 2.05) is 6.07 Å². The van der Waals surface area contributed by atoms with Gasteiger partial charge >= 0.3 is 11.1 Å². The molecule has 2 aromatic rings. The van der Waals surface area contributed by atoms with Crippen LogP contribution < -0.4 is 11.1 Å². The lowest BCUT2D eigenvalue weighted by Gasteiger charge is -2.06. The summed E-state index contributed by atoms with van der Waals surface area (Å²) in [5.74, 6) is -0.524. The zero-order valence-corrected chi connectivity index (χ0v) is 10.5. The summed E-state index contributed by atoms with van der Waals surface area (Å²) < 4.78 is 14.3. The molecule has 0 aliphatic carbocycles. The summed E-state index contributed by atoms with van der Waals surface area (Å²) in [5.41, 5.74) is -1.61. The van der Waals surface area contributed by atoms with Gasteiger partial charge in [-0.15, -0.1) is 0 Å². The Morgan fingerprint density at radius 3 is 2.89 bits per heavy atom. The van der Waals surface area contributed by atoms with Gasteiger partial charge in [-0.1, -0.05) is 0 Å². The summed E-state index contributed by atoms with van der Waals surface area (Å²) in [7, 11) is 1.51. The van der Waals surface area contributed by atoms with Crippen LogP contribution in [-0.2, 0) is 7.05 Å². The van der Waals surface area contributed by atoms with Crippen LogP contribution in [0.1, 0.15) is 5.56 Å². The zero-order chi connectivity index (χ0) is 14.0. The molecule has 1 N–H and O–H groups in total. The second-order valence-corrected chi connectivity index (χ2v) is 4.56. The number of hydrogen-bond acceptors (Lipinski definition) is 5. The van der Waals surface area contributed by atoms with Crippen molar-refractivity contribution >= 4 is 11.8 Å². The molecule has 1 aromatic heterocycles. The number of H-pyrrole nitrogens is 1. The second kappa shape index (κ2) is 5.07. The van der Waals surface area contributed by atoms with Gasteiger partial charge in [-0.2, -0.15) is 10.2 Å². The first kappa shape index (κ1) is 13.0. The van der Waals surface area contributed by atoms with Crippen LogP contribution in [-0.4, -0.2) is 14.8 Å². The fourth-order valence-electron chi connectivity index (χ4n) is 1.33. The monoisotopic (exact) mass is 278 g/mol. The first-order chi connectivity index (χ1) is 9.01. The van der Waals surface area contributed by atoms with Gasteiger partial charge in [0.2, 0.25) is 0 Å². The third-order valence-corrected chi connectivity index (χ3v) is 3.33. The van der Waals surface area contributed by atoms with E-state index in [0.29, 0.717) is 4.90 Å². The van der Waals surface area contributed by atoms with E-state index in [1.165, 1.54) is 23.9 Å². The number of hydrogen-bond donors (Lipinski definition) is 1. The van der Waals surface area contributed by atoms with Gasteiger partial charge in [0, 0.05) is 11.9 Å². The Kier molecular flexibility index (Phi) is 3.48. The number of halogens is 1. The number of aryl methyl sites for hydroxylation is 1. The van der Waals surface area contributed by atoms with Crippen molar-refractivity contribution in [2.24, 2.45) is 7.05 Å². The van der Waals surface area contributed by atoms with Crippen molar-refractivity contribution in [2.45, 2.75) is 10.1 Å². The van der Waals surface area contributed by atoms with E-state index >= 15 is 0 Å². The van der Waals surface area contributed by atoms with Crippen molar-refractivity contribution in [1.82, 2.24) is 14.8 Å². The molecule has 0 saturated carbocycles. The maximum Gasteiger partial charge on any atom is 0.339 e. The molecule has 0 aliphatic rings. The standard InChI is InChI=1S/C11H7FN4O2S/c1-16-11(14-9(17)10(18)15-16)19-8-3-2-7(12)4-6(8)5-13/h2-4H,1H3,(H,15,18). The molecular formula is C11H7FN4O2S. The number of aromatic nitrogens is 3. The van der Waals surface area contributed by atoms with E-state index in [9.17, 15) is 14.0 Å². The molecule has 0 radical (unpaired) electrons. The van der Waals surface area contributed by atoms with E-state index in [1.54, 1.807) is 0 Å². The molecule has 0 saturated heterocycles. The van der Waals surface area contributed by atoms with Crippen LogP contribution in [0.5, 0.6) is 0 Å². The molecule has 6 nitrogen and oxygen atoms in total. The molecule has 0 amide bonds. The third kappa shape index (κ3) is 2.71. The highest BCUT2D eigenvalue weighted by atomic mass is 32.2. The van der Waals surface area contributed by atoms with Crippen molar-refractivity contribution in [2.75, 3.05) is 0 Å². The molecule has 0 unspecified atom stereocenters. The molecule has 1 heterocycles. The van der Waals surface area contributed by atoms with E-state index in [2.05, 4.69) is 10.1 Å². The predicted octanol–water partition coefficient (Wildman–Crippen LogP) is 0.631. The topological polar surface area (TPSA) is 91.5 Å². The van der Waals surface area contributed by atoms with Crippen LogP contribution in [0.2, 0.25) is 0 Å². The minimum absolute atomic E-state index is 0.130. The molecule has 0 atom stereocenters. The lowest BCUT2D eigenvalue weighted by atomic mass is 10.2. The van der Waals surface area contributed by atoms with Gasteiger partial charge in [-0.05, 0) is 30.0 Å². The maximum atomic E-state index is 13.0. The highest BCUT2D eigenvalue weighted by Gasteiger charge is 2.10. The third-order valence-electron chi connectivity index (χ3n) is 2.21. The molecule has 0 fully saturated rings. The van der Waals surface area contributed by atoms with Crippen LogP contribution in [0.15, 0.2) is 37.8 Å². The average Bonchev–Trinajstić information content (AvgIpc) is 2.37. The average molecular weight is 278 g/mol. The molecule has 8 heteroatoms. The van der Waals surface area contributed by atoms with Gasteiger partial charge in [0.15, 0.2) is 5.16 Å². The fourth-order valence-corrected chi connectivity index (χ4v) is 2.19. The Bertz CT molecular complexity index is 791. The molecule has 0 spiro atoms. The molecule has 96 valence electrons. The highest BCUT2D eigenvalue weighted by Crippen LogP contribution is 2.27. The minimum Gasteiger partial charge on any atom is -0.265 e. The molecule has 19 heavy (non-hydrogen) atoms. The van der Waals surface area contributed by atoms with E-state index in [0.717, 1.165) is 17.8 Å². The van der Waals surface area contributed by atoms with Crippen molar-refractivity contribution in [3.8, 4) is 6.07 Å². The predicted molar refractivity (Wildman–Crippen MR) is 65.3 cm³/mol. The van der Waals surface area contributed by atoms with Gasteiger partial charge in [0.1, 0.15) is 11.9 Å². The Morgan fingerprint density at radius 2 is 2.21 bits per heavy atom. The number of nitrogens with zero attached hydrogens (tertiary/aromatic N) is 3. The SMILES string of the molecule is Cn1[nH]c(=O)c(=O)nc1Sc1ccc(F)cc1C#N. The van der Waals surface area contributed by atoms with Crippen molar-refractivity contribution in [1.29, 1.82) is 5.26 Å². The molecule has 1 aromatic carbocycles. The quantitative estimate of drug-likeness (QED) is 0.813. The lowest BCUT2D eigenvalue weighted by Crippen LogP contribution is -2.33. The molecule has 0 aliphatic heterocycles. The Balaban J connectivity index is 2.48. The van der Waals surface area contributed by atoms with E-state index in [4.69, 9.17) is 5.26 Å². The summed E-state index contributed by atoms with van der Waals surface area (Å²) in [6.45, 7) is 0. The van der Waals surface area contributed by atoms with Gasteiger partial charge in [-0.3, -0.25) is 19.4 Å². The first-order valence-electron chi connectivity index (χ1n) is 5.06. The first-order valence-corrected chi connectivity index (χ1v) is 5.88. The van der Waals surface area contributed by atoms with Crippen LogP contribution in [0, 0.1) is 17.1 Å². The van der Waals surface area contributed by atoms with Gasteiger partial charge in [-0.25, -0.2) is 4.39 Å². The summed E-state index contributed by atoms with van der Waals surface area (Å²) in [6, 6.07) is 5.56. The van der Waals surface area contributed by atoms with Gasteiger partial charge in [0.05, 0.1) is 5.56 Å². The Hall–Kier alpha value is -2.40. The number of nitriles is 1. The van der Waals surface area contributed by atoms with Gasteiger partial charge < -0.3 is 0 Å². The Labute approximate surface area is 110 Å². The number of nitrogens with one attached hydrogen (secondary N) is 1. The summed E-state index contributed by atoms with van der Waals surface area (Å²) in [4.78, 5) is 26.3. The molecule has 0 bridgehead atoms. The van der Waals surface area contributed by atoms with Crippen molar-refractivity contribution in [3.05, 3.63) is 50.3 Å². The number of rotatable bonds is 2. The number of benzene rings is 1. The molecular weight excluding hydrogens is 271 g/mol.